The van der Waals surface area contributed by atoms with Crippen LogP contribution in [0.15, 0.2) is 24.4 Å². The highest BCUT2D eigenvalue weighted by Gasteiger charge is 2.30. The van der Waals surface area contributed by atoms with Gasteiger partial charge in [0.1, 0.15) is 11.4 Å². The molecule has 2 aliphatic rings. The molecule has 0 spiro atoms. The van der Waals surface area contributed by atoms with E-state index in [1.165, 1.54) is 0 Å². The number of aldehydes is 1. The van der Waals surface area contributed by atoms with Gasteiger partial charge >= 0.3 is 6.09 Å². The average Bonchev–Trinajstić information content (AvgIpc) is 2.80. The van der Waals surface area contributed by atoms with Crippen molar-refractivity contribution in [1.29, 1.82) is 0 Å². The van der Waals surface area contributed by atoms with Crippen LogP contribution in [0.5, 0.6) is 11.5 Å². The van der Waals surface area contributed by atoms with Crippen molar-refractivity contribution < 1.29 is 23.8 Å². The summed E-state index contributed by atoms with van der Waals surface area (Å²) < 4.78 is 16.8. The van der Waals surface area contributed by atoms with Gasteiger partial charge in [-0.05, 0) is 64.2 Å². The molecule has 0 bridgehead atoms. The maximum atomic E-state index is 12.3. The second-order valence-electron chi connectivity index (χ2n) is 9.79. The minimum absolute atomic E-state index is 0.232. The number of carbonyl (C=O) groups is 2. The number of piperidine rings is 1. The number of aromatic nitrogens is 1. The number of methoxy groups -OCH3 is 1. The molecule has 1 unspecified atom stereocenters. The molecule has 1 fully saturated rings. The number of hydrogen-bond donors (Lipinski definition) is 0. The molecule has 2 aliphatic heterocycles. The van der Waals surface area contributed by atoms with Crippen molar-refractivity contribution in [2.75, 3.05) is 38.2 Å². The lowest BCUT2D eigenvalue weighted by atomic mass is 9.93. The van der Waals surface area contributed by atoms with E-state index in [0.717, 1.165) is 54.4 Å². The van der Waals surface area contributed by atoms with Crippen molar-refractivity contribution in [3.05, 3.63) is 24.4 Å². The van der Waals surface area contributed by atoms with Crippen molar-refractivity contribution in [3.63, 3.8) is 0 Å². The third-order valence-corrected chi connectivity index (χ3v) is 6.23. The minimum Gasteiger partial charge on any atom is -0.497 e. The Hall–Kier alpha value is -3.03. The molecule has 1 aromatic heterocycles. The quantitative estimate of drug-likeness (QED) is 0.629. The standard InChI is InChI=1S/C25H33N3O5/c1-25(2,3)33-24(30)27-10-7-17(8-11-27)9-12-28-15-19(16-29)32-22-14-26-21-6-5-18(31-4)13-20(21)23(22)28/h5-6,13-14,16-17,19H,7-12,15H2,1-4H3. The van der Waals surface area contributed by atoms with Crippen LogP contribution in [0.3, 0.4) is 0 Å². The highest BCUT2D eigenvalue weighted by molar-refractivity contribution is 5.96. The Morgan fingerprint density at radius 2 is 2.03 bits per heavy atom. The molecule has 8 heteroatoms. The Kier molecular flexibility index (Phi) is 6.63. The maximum absolute atomic E-state index is 12.3. The molecule has 0 saturated carbocycles. The molecule has 1 aromatic carbocycles. The molecular weight excluding hydrogens is 422 g/mol. The van der Waals surface area contributed by atoms with E-state index in [1.807, 2.05) is 39.0 Å². The van der Waals surface area contributed by atoms with Crippen molar-refractivity contribution in [3.8, 4) is 11.5 Å². The molecule has 0 N–H and O–H groups in total. The topological polar surface area (TPSA) is 81.2 Å². The number of ether oxygens (including phenoxy) is 3. The van der Waals surface area contributed by atoms with E-state index in [0.29, 0.717) is 31.3 Å². The number of likely N-dealkylation sites (tertiary alicyclic amines) is 1. The van der Waals surface area contributed by atoms with Gasteiger partial charge in [0.25, 0.3) is 0 Å². The fourth-order valence-electron chi connectivity index (χ4n) is 4.53. The zero-order chi connectivity index (χ0) is 23.6. The SMILES string of the molecule is COc1ccc2ncc3c(c2c1)N(CCC1CCN(C(=O)OC(C)(C)C)CC1)CC(C=O)O3. The van der Waals surface area contributed by atoms with Crippen LogP contribution >= 0.6 is 0 Å². The monoisotopic (exact) mass is 455 g/mol. The number of hydrogen-bond acceptors (Lipinski definition) is 7. The van der Waals surface area contributed by atoms with Gasteiger partial charge in [0.2, 0.25) is 0 Å². The number of rotatable bonds is 5. The zero-order valence-electron chi connectivity index (χ0n) is 19.9. The van der Waals surface area contributed by atoms with Crippen LogP contribution in [0.4, 0.5) is 10.5 Å². The van der Waals surface area contributed by atoms with Crippen LogP contribution in [0.25, 0.3) is 10.9 Å². The summed E-state index contributed by atoms with van der Waals surface area (Å²) >= 11 is 0. The number of benzene rings is 1. The Morgan fingerprint density at radius 3 is 2.70 bits per heavy atom. The number of fused-ring (bicyclic) bond motifs is 3. The molecule has 1 atom stereocenters. The maximum Gasteiger partial charge on any atom is 0.410 e. The fourth-order valence-corrected chi connectivity index (χ4v) is 4.53. The molecular formula is C25H33N3O5. The molecule has 33 heavy (non-hydrogen) atoms. The van der Waals surface area contributed by atoms with Crippen LogP contribution < -0.4 is 14.4 Å². The van der Waals surface area contributed by atoms with Gasteiger partial charge in [-0.25, -0.2) is 4.79 Å². The number of carbonyl (C=O) groups excluding carboxylic acids is 2. The van der Waals surface area contributed by atoms with Crippen molar-refractivity contribution in [2.24, 2.45) is 5.92 Å². The summed E-state index contributed by atoms with van der Waals surface area (Å²) in [6.45, 7) is 8.38. The summed E-state index contributed by atoms with van der Waals surface area (Å²) in [6.07, 6.45) is 4.66. The molecule has 0 radical (unpaired) electrons. The van der Waals surface area contributed by atoms with E-state index < -0.39 is 11.7 Å². The highest BCUT2D eigenvalue weighted by Crippen LogP contribution is 2.40. The van der Waals surface area contributed by atoms with E-state index in [1.54, 1.807) is 18.2 Å². The Morgan fingerprint density at radius 1 is 1.27 bits per heavy atom. The van der Waals surface area contributed by atoms with Gasteiger partial charge in [-0.2, -0.15) is 0 Å². The van der Waals surface area contributed by atoms with Crippen LogP contribution in [0.1, 0.15) is 40.0 Å². The Bertz CT molecular complexity index is 1010. The Balaban J connectivity index is 1.45. The Labute approximate surface area is 194 Å². The smallest absolute Gasteiger partial charge is 0.410 e. The van der Waals surface area contributed by atoms with Crippen molar-refractivity contribution in [2.45, 2.75) is 51.7 Å². The first-order chi connectivity index (χ1) is 15.8. The summed E-state index contributed by atoms with van der Waals surface area (Å²) in [5, 5.41) is 0.955. The summed E-state index contributed by atoms with van der Waals surface area (Å²) in [6, 6.07) is 5.80. The van der Waals surface area contributed by atoms with Crippen molar-refractivity contribution >= 4 is 29.0 Å². The molecule has 8 nitrogen and oxygen atoms in total. The van der Waals surface area contributed by atoms with E-state index in [-0.39, 0.29) is 6.09 Å². The summed E-state index contributed by atoms with van der Waals surface area (Å²) in [5.41, 5.74) is 1.34. The van der Waals surface area contributed by atoms with Gasteiger partial charge in [-0.3, -0.25) is 9.78 Å². The number of nitrogens with zero attached hydrogens (tertiary/aromatic N) is 3. The molecule has 1 saturated heterocycles. The van der Waals surface area contributed by atoms with Crippen LogP contribution in [0.2, 0.25) is 0 Å². The molecule has 3 heterocycles. The molecule has 2 aromatic rings. The summed E-state index contributed by atoms with van der Waals surface area (Å²) in [4.78, 5) is 32.4. The first kappa shape index (κ1) is 23.1. The van der Waals surface area contributed by atoms with Crippen molar-refractivity contribution in [1.82, 2.24) is 9.88 Å². The average molecular weight is 456 g/mol. The largest absolute Gasteiger partial charge is 0.497 e. The van der Waals surface area contributed by atoms with Gasteiger partial charge in [-0.1, -0.05) is 0 Å². The van der Waals surface area contributed by atoms with E-state index in [2.05, 4.69) is 9.88 Å². The lowest BCUT2D eigenvalue weighted by molar-refractivity contribution is -0.113. The van der Waals surface area contributed by atoms with Crippen LogP contribution in [-0.4, -0.2) is 67.3 Å². The lowest BCUT2D eigenvalue weighted by Gasteiger charge is -2.37. The normalized spacial score (nSPS) is 19.1. The molecule has 0 aliphatic carbocycles. The second-order valence-corrected chi connectivity index (χ2v) is 9.79. The number of anilines is 1. The third kappa shape index (κ3) is 5.31. The third-order valence-electron chi connectivity index (χ3n) is 6.23. The van der Waals surface area contributed by atoms with E-state index in [9.17, 15) is 9.59 Å². The lowest BCUT2D eigenvalue weighted by Crippen LogP contribution is -2.44. The van der Waals surface area contributed by atoms with Crippen LogP contribution in [0, 0.1) is 5.92 Å². The molecule has 178 valence electrons. The van der Waals surface area contributed by atoms with Gasteiger partial charge in [0.15, 0.2) is 18.1 Å². The van der Waals surface area contributed by atoms with E-state index in [4.69, 9.17) is 14.2 Å². The molecule has 1 amide bonds. The predicted molar refractivity (Wildman–Crippen MR) is 126 cm³/mol. The van der Waals surface area contributed by atoms with Gasteiger partial charge in [-0.15, -0.1) is 0 Å². The highest BCUT2D eigenvalue weighted by atomic mass is 16.6. The van der Waals surface area contributed by atoms with Gasteiger partial charge in [0, 0.05) is 25.0 Å². The van der Waals surface area contributed by atoms with Crippen LogP contribution in [-0.2, 0) is 9.53 Å². The first-order valence-corrected chi connectivity index (χ1v) is 11.6. The number of pyridine rings is 1. The number of amides is 1. The summed E-state index contributed by atoms with van der Waals surface area (Å²) in [5.74, 6) is 1.89. The minimum atomic E-state index is -0.517. The van der Waals surface area contributed by atoms with Gasteiger partial charge in [0.05, 0.1) is 31.1 Å². The molecule has 4 rings (SSSR count). The summed E-state index contributed by atoms with van der Waals surface area (Å²) in [7, 11) is 1.64. The fraction of sp³-hybridized carbons (Fsp3) is 0.560. The van der Waals surface area contributed by atoms with E-state index >= 15 is 0 Å². The zero-order valence-corrected chi connectivity index (χ0v) is 19.9. The predicted octanol–water partition coefficient (Wildman–Crippen LogP) is 4.05. The first-order valence-electron chi connectivity index (χ1n) is 11.6. The van der Waals surface area contributed by atoms with Gasteiger partial charge < -0.3 is 24.0 Å². The second kappa shape index (κ2) is 9.45.